The Morgan fingerprint density at radius 2 is 2.21 bits per heavy atom. The zero-order valence-corrected chi connectivity index (χ0v) is 12.1. The predicted molar refractivity (Wildman–Crippen MR) is 72.8 cm³/mol. The Kier molecular flexibility index (Phi) is 3.06. The van der Waals surface area contributed by atoms with E-state index in [9.17, 15) is 0 Å². The molecule has 0 radical (unpaired) electrons. The number of rotatable bonds is 2. The Morgan fingerprint density at radius 3 is 2.89 bits per heavy atom. The van der Waals surface area contributed by atoms with Gasteiger partial charge in [0, 0.05) is 5.38 Å². The number of ether oxygens (including phenoxy) is 1. The van der Waals surface area contributed by atoms with Crippen LogP contribution in [0.25, 0.3) is 16.6 Å². The summed E-state index contributed by atoms with van der Waals surface area (Å²) in [6, 6.07) is 0. The van der Waals surface area contributed by atoms with Gasteiger partial charge in [0.15, 0.2) is 10.8 Å². The summed E-state index contributed by atoms with van der Waals surface area (Å²) in [5.41, 5.74) is -0.205. The van der Waals surface area contributed by atoms with E-state index >= 15 is 0 Å². The molecule has 3 heterocycles. The van der Waals surface area contributed by atoms with Crippen LogP contribution in [0.5, 0.6) is 0 Å². The fourth-order valence-electron chi connectivity index (χ4n) is 1.84. The van der Waals surface area contributed by atoms with Crippen molar-refractivity contribution in [3.8, 4) is 10.8 Å². The molecule has 3 rings (SSSR count). The molecule has 1 aliphatic heterocycles. The van der Waals surface area contributed by atoms with Crippen LogP contribution in [0, 0.1) is 0 Å². The first-order valence-electron chi connectivity index (χ1n) is 5.88. The van der Waals surface area contributed by atoms with Crippen LogP contribution in [0.2, 0.25) is 5.15 Å². The summed E-state index contributed by atoms with van der Waals surface area (Å²) in [5, 5.41) is 6.70. The van der Waals surface area contributed by atoms with Crippen LogP contribution in [-0.4, -0.2) is 20.7 Å². The van der Waals surface area contributed by atoms with Crippen molar-refractivity contribution >= 4 is 28.7 Å². The van der Waals surface area contributed by atoms with Crippen molar-refractivity contribution in [2.24, 2.45) is 0 Å². The Morgan fingerprint density at radius 1 is 1.37 bits per heavy atom. The minimum absolute atomic E-state index is 0.205. The molecule has 19 heavy (non-hydrogen) atoms. The second kappa shape index (κ2) is 4.61. The highest BCUT2D eigenvalue weighted by Crippen LogP contribution is 2.32. The van der Waals surface area contributed by atoms with Gasteiger partial charge >= 0.3 is 0 Å². The number of hydrogen-bond donors (Lipinski definition) is 0. The summed E-state index contributed by atoms with van der Waals surface area (Å²) in [4.78, 5) is 8.41. The number of aromatic nitrogens is 3. The smallest absolute Gasteiger partial charge is 0.293 e. The maximum Gasteiger partial charge on any atom is 0.293 e. The van der Waals surface area contributed by atoms with Gasteiger partial charge in [-0.25, -0.2) is 4.98 Å². The minimum atomic E-state index is -0.205. The Labute approximate surface area is 119 Å². The second-order valence-electron chi connectivity index (χ2n) is 4.87. The van der Waals surface area contributed by atoms with Crippen LogP contribution in [0.1, 0.15) is 32.6 Å². The van der Waals surface area contributed by atoms with Crippen molar-refractivity contribution in [2.75, 3.05) is 0 Å². The summed E-state index contributed by atoms with van der Waals surface area (Å²) >= 11 is 7.15. The van der Waals surface area contributed by atoms with E-state index in [-0.39, 0.29) is 5.60 Å². The van der Waals surface area contributed by atoms with E-state index in [0.717, 1.165) is 12.8 Å². The quantitative estimate of drug-likeness (QED) is 0.844. The van der Waals surface area contributed by atoms with E-state index in [1.165, 1.54) is 11.3 Å². The van der Waals surface area contributed by atoms with Gasteiger partial charge in [0.1, 0.15) is 10.8 Å². The Balaban J connectivity index is 1.88. The number of hydrogen-bond acceptors (Lipinski definition) is 6. The summed E-state index contributed by atoms with van der Waals surface area (Å²) < 4.78 is 11.1. The van der Waals surface area contributed by atoms with Crippen molar-refractivity contribution in [1.82, 2.24) is 15.1 Å². The normalized spacial score (nSPS) is 17.9. The van der Waals surface area contributed by atoms with Gasteiger partial charge < -0.3 is 9.26 Å². The molecule has 0 fully saturated rings. The van der Waals surface area contributed by atoms with Gasteiger partial charge in [0.25, 0.3) is 5.89 Å². The van der Waals surface area contributed by atoms with E-state index in [2.05, 4.69) is 15.1 Å². The largest absolute Gasteiger partial charge is 0.482 e. The molecule has 1 aliphatic rings. The van der Waals surface area contributed by atoms with Gasteiger partial charge in [-0.15, -0.1) is 11.3 Å². The van der Waals surface area contributed by atoms with E-state index in [0.29, 0.717) is 27.6 Å². The highest BCUT2D eigenvalue weighted by atomic mass is 35.5. The first-order chi connectivity index (χ1) is 9.03. The average Bonchev–Trinajstić information content (AvgIpc) is 2.95. The van der Waals surface area contributed by atoms with Crippen LogP contribution >= 0.6 is 22.9 Å². The fraction of sp³-hybridized carbons (Fsp3) is 0.417. The van der Waals surface area contributed by atoms with Crippen LogP contribution in [0.3, 0.4) is 0 Å². The monoisotopic (exact) mass is 297 g/mol. The van der Waals surface area contributed by atoms with Crippen molar-refractivity contribution in [3.05, 3.63) is 22.5 Å². The molecule has 0 spiro atoms. The van der Waals surface area contributed by atoms with Gasteiger partial charge in [0.05, 0.1) is 0 Å². The molecule has 7 heteroatoms. The lowest BCUT2D eigenvalue weighted by Gasteiger charge is -2.29. The summed E-state index contributed by atoms with van der Waals surface area (Å²) in [6.07, 6.45) is 3.88. The zero-order chi connectivity index (χ0) is 13.5. The minimum Gasteiger partial charge on any atom is -0.482 e. The molecule has 0 aromatic carbocycles. The standard InChI is InChI=1S/C12H12ClN3O2S/c1-12(2)5-3-4-7(17-12)10-15-9(16-18-10)11-14-8(13)6-19-11/h4,6H,3,5H2,1-2H3. The van der Waals surface area contributed by atoms with E-state index in [1.54, 1.807) is 5.38 Å². The summed E-state index contributed by atoms with van der Waals surface area (Å²) in [5.74, 6) is 1.45. The fourth-order valence-corrected chi connectivity index (χ4v) is 2.71. The van der Waals surface area contributed by atoms with Gasteiger partial charge in [-0.3, -0.25) is 0 Å². The molecule has 100 valence electrons. The van der Waals surface area contributed by atoms with Crippen LogP contribution in [0.4, 0.5) is 0 Å². The highest BCUT2D eigenvalue weighted by molar-refractivity contribution is 7.13. The Hall–Kier alpha value is -1.40. The number of nitrogens with zero attached hydrogens (tertiary/aromatic N) is 3. The number of halogens is 1. The van der Waals surface area contributed by atoms with E-state index in [4.69, 9.17) is 20.9 Å². The van der Waals surface area contributed by atoms with Gasteiger partial charge in [-0.1, -0.05) is 16.8 Å². The molecule has 0 aliphatic carbocycles. The number of thiazole rings is 1. The molecule has 0 unspecified atom stereocenters. The summed E-state index contributed by atoms with van der Waals surface area (Å²) in [7, 11) is 0. The van der Waals surface area contributed by atoms with Crippen LogP contribution < -0.4 is 0 Å². The molecule has 0 saturated heterocycles. The van der Waals surface area contributed by atoms with E-state index < -0.39 is 0 Å². The Bertz CT molecular complexity index is 632. The first-order valence-corrected chi connectivity index (χ1v) is 7.14. The van der Waals surface area contributed by atoms with Crippen molar-refractivity contribution in [3.63, 3.8) is 0 Å². The van der Waals surface area contributed by atoms with Crippen LogP contribution in [-0.2, 0) is 4.74 Å². The lowest BCUT2D eigenvalue weighted by molar-refractivity contribution is 0.0547. The molecular weight excluding hydrogens is 286 g/mol. The molecule has 0 saturated carbocycles. The van der Waals surface area contributed by atoms with Crippen molar-refractivity contribution in [1.29, 1.82) is 0 Å². The zero-order valence-electron chi connectivity index (χ0n) is 10.5. The molecule has 5 nitrogen and oxygen atoms in total. The number of allylic oxidation sites excluding steroid dienone is 1. The van der Waals surface area contributed by atoms with Gasteiger partial charge in [-0.2, -0.15) is 4.98 Å². The molecule has 0 N–H and O–H groups in total. The third kappa shape index (κ3) is 2.64. The topological polar surface area (TPSA) is 61.0 Å². The molecule has 0 atom stereocenters. The molecule has 0 bridgehead atoms. The van der Waals surface area contributed by atoms with Gasteiger partial charge in [0.2, 0.25) is 5.82 Å². The lowest BCUT2D eigenvalue weighted by atomic mass is 9.99. The molecule has 0 amide bonds. The lowest BCUT2D eigenvalue weighted by Crippen LogP contribution is -2.26. The third-order valence-corrected chi connectivity index (χ3v) is 3.93. The highest BCUT2D eigenvalue weighted by Gasteiger charge is 2.27. The van der Waals surface area contributed by atoms with Crippen molar-refractivity contribution in [2.45, 2.75) is 32.3 Å². The molecular formula is C12H12ClN3O2S. The van der Waals surface area contributed by atoms with E-state index in [1.807, 2.05) is 19.9 Å². The average molecular weight is 298 g/mol. The molecule has 2 aromatic heterocycles. The SMILES string of the molecule is CC1(C)CCC=C(c2nc(-c3nc(Cl)cs3)no2)O1. The van der Waals surface area contributed by atoms with Crippen LogP contribution in [0.15, 0.2) is 16.0 Å². The second-order valence-corrected chi connectivity index (χ2v) is 6.11. The third-order valence-electron chi connectivity index (χ3n) is 2.77. The van der Waals surface area contributed by atoms with Crippen molar-refractivity contribution < 1.29 is 9.26 Å². The maximum absolute atomic E-state index is 5.84. The molecule has 2 aromatic rings. The summed E-state index contributed by atoms with van der Waals surface area (Å²) in [6.45, 7) is 4.08. The van der Waals surface area contributed by atoms with Gasteiger partial charge in [-0.05, 0) is 32.8 Å². The predicted octanol–water partition coefficient (Wildman–Crippen LogP) is 3.78. The maximum atomic E-state index is 5.84. The first kappa shape index (κ1) is 12.6.